The molecule has 280 valence electrons. The van der Waals surface area contributed by atoms with Crippen molar-refractivity contribution in [3.05, 3.63) is 36.5 Å². The third kappa shape index (κ3) is 34.1. The lowest BCUT2D eigenvalue weighted by atomic mass is 10.1. The van der Waals surface area contributed by atoms with Gasteiger partial charge in [-0.2, -0.15) is 0 Å². The topological polar surface area (TPSA) is 108 Å². The lowest BCUT2D eigenvalue weighted by molar-refractivity contribution is -0.161. The summed E-state index contributed by atoms with van der Waals surface area (Å²) in [5.41, 5.74) is 0. The zero-order valence-corrected chi connectivity index (χ0v) is 31.8. The molecule has 0 saturated heterocycles. The first-order valence-corrected chi connectivity index (χ1v) is 20.8. The molecule has 0 fully saturated rings. The first-order chi connectivity index (χ1) is 23.3. The van der Waals surface area contributed by atoms with Gasteiger partial charge in [0.25, 0.3) is 0 Å². The van der Waals surface area contributed by atoms with E-state index in [9.17, 15) is 19.0 Å². The van der Waals surface area contributed by atoms with Crippen LogP contribution in [0.15, 0.2) is 36.5 Å². The summed E-state index contributed by atoms with van der Waals surface area (Å²) in [5.74, 6) is -0.821. The number of allylic oxidation sites excluding steroid dienone is 6. The maximum Gasteiger partial charge on any atom is 0.472 e. The fourth-order valence-corrected chi connectivity index (χ4v) is 5.83. The fourth-order valence-electron chi connectivity index (χ4n) is 5.07. The number of hydrogen-bond acceptors (Lipinski definition) is 7. The molecular formula is C39H71O8P. The van der Waals surface area contributed by atoms with E-state index in [0.717, 1.165) is 77.0 Å². The Balaban J connectivity index is 4.13. The first-order valence-electron chi connectivity index (χ1n) is 19.3. The standard InChI is InChI=1S/C39H71O8P/c1-4-7-9-11-13-15-17-18-19-20-21-22-23-24-26-28-30-32-34-39(41)47-37(36-46-48(42,43)45-6-3)35-44-38(40)33-31-29-27-25-16-14-12-10-8-5-2/h10,12,15,17,19-20,37H,4-9,11,13-14,16,18,21-36H2,1-3H3,(H,42,43)/b12-10-,17-15-,20-19-. The Hall–Kier alpha value is -1.73. The number of esters is 2. The van der Waals surface area contributed by atoms with Crippen molar-refractivity contribution < 1.29 is 37.6 Å². The van der Waals surface area contributed by atoms with Gasteiger partial charge in [0.2, 0.25) is 0 Å². The number of ether oxygens (including phenoxy) is 2. The van der Waals surface area contributed by atoms with Crippen LogP contribution in [-0.4, -0.2) is 42.8 Å². The van der Waals surface area contributed by atoms with Gasteiger partial charge in [-0.3, -0.25) is 18.6 Å². The summed E-state index contributed by atoms with van der Waals surface area (Å²) in [6.07, 6.45) is 37.7. The molecule has 0 amide bonds. The fraction of sp³-hybridized carbons (Fsp3) is 0.795. The van der Waals surface area contributed by atoms with Crippen molar-refractivity contribution in [2.75, 3.05) is 19.8 Å². The normalized spacial score (nSPS) is 13.8. The predicted octanol–water partition coefficient (Wildman–Crippen LogP) is 11.7. The van der Waals surface area contributed by atoms with Gasteiger partial charge in [0, 0.05) is 12.8 Å². The zero-order chi connectivity index (χ0) is 35.4. The zero-order valence-electron chi connectivity index (χ0n) is 30.9. The number of hydrogen-bond donors (Lipinski definition) is 1. The molecule has 2 unspecified atom stereocenters. The van der Waals surface area contributed by atoms with Crippen molar-refractivity contribution in [2.45, 2.75) is 181 Å². The highest BCUT2D eigenvalue weighted by molar-refractivity contribution is 7.47. The predicted molar refractivity (Wildman–Crippen MR) is 198 cm³/mol. The second-order valence-electron chi connectivity index (χ2n) is 12.6. The van der Waals surface area contributed by atoms with Crippen LogP contribution in [0.1, 0.15) is 175 Å². The molecule has 0 radical (unpaired) electrons. The van der Waals surface area contributed by atoms with Crippen molar-refractivity contribution in [1.29, 1.82) is 0 Å². The van der Waals surface area contributed by atoms with E-state index in [1.54, 1.807) is 6.92 Å². The van der Waals surface area contributed by atoms with Gasteiger partial charge in [0.05, 0.1) is 13.2 Å². The Morgan fingerprint density at radius 1 is 0.562 bits per heavy atom. The quantitative estimate of drug-likeness (QED) is 0.0301. The smallest absolute Gasteiger partial charge is 0.462 e. The van der Waals surface area contributed by atoms with Crippen LogP contribution in [0.4, 0.5) is 0 Å². The van der Waals surface area contributed by atoms with Gasteiger partial charge in [-0.15, -0.1) is 0 Å². The van der Waals surface area contributed by atoms with Crippen LogP contribution in [-0.2, 0) is 32.7 Å². The largest absolute Gasteiger partial charge is 0.472 e. The van der Waals surface area contributed by atoms with E-state index >= 15 is 0 Å². The van der Waals surface area contributed by atoms with Crippen LogP contribution in [0.2, 0.25) is 0 Å². The van der Waals surface area contributed by atoms with E-state index < -0.39 is 26.5 Å². The maximum absolute atomic E-state index is 12.5. The van der Waals surface area contributed by atoms with Gasteiger partial charge in [-0.1, -0.05) is 127 Å². The highest BCUT2D eigenvalue weighted by atomic mass is 31.2. The number of carbonyl (C=O) groups is 2. The summed E-state index contributed by atoms with van der Waals surface area (Å²) in [6, 6.07) is 0. The molecule has 0 aromatic heterocycles. The second-order valence-corrected chi connectivity index (χ2v) is 14.0. The molecule has 0 heterocycles. The minimum absolute atomic E-state index is 0.00298. The number of carbonyl (C=O) groups excluding carboxylic acids is 2. The Labute approximate surface area is 294 Å². The summed E-state index contributed by atoms with van der Waals surface area (Å²) in [4.78, 5) is 34.5. The first kappa shape index (κ1) is 46.3. The maximum atomic E-state index is 12.5. The molecule has 0 aromatic carbocycles. The minimum atomic E-state index is -4.28. The van der Waals surface area contributed by atoms with Crippen LogP contribution in [0.5, 0.6) is 0 Å². The molecule has 1 N–H and O–H groups in total. The average Bonchev–Trinajstić information content (AvgIpc) is 3.06. The van der Waals surface area contributed by atoms with E-state index in [2.05, 4.69) is 50.3 Å². The Morgan fingerprint density at radius 2 is 1.04 bits per heavy atom. The lowest BCUT2D eigenvalue weighted by Gasteiger charge is -2.19. The van der Waals surface area contributed by atoms with Crippen molar-refractivity contribution in [3.63, 3.8) is 0 Å². The molecule has 8 nitrogen and oxygen atoms in total. The summed E-state index contributed by atoms with van der Waals surface area (Å²) >= 11 is 0. The molecule has 0 bridgehead atoms. The second kappa shape index (κ2) is 35.1. The van der Waals surface area contributed by atoms with Crippen LogP contribution in [0.3, 0.4) is 0 Å². The lowest BCUT2D eigenvalue weighted by Crippen LogP contribution is -2.29. The molecule has 0 rings (SSSR count). The molecule has 0 aromatic rings. The van der Waals surface area contributed by atoms with Crippen LogP contribution in [0.25, 0.3) is 0 Å². The summed E-state index contributed by atoms with van der Waals surface area (Å²) in [6.45, 7) is 5.36. The van der Waals surface area contributed by atoms with Crippen molar-refractivity contribution in [1.82, 2.24) is 0 Å². The molecule has 0 saturated carbocycles. The van der Waals surface area contributed by atoms with E-state index in [4.69, 9.17) is 18.5 Å². The third-order valence-electron chi connectivity index (χ3n) is 7.90. The van der Waals surface area contributed by atoms with Gasteiger partial charge >= 0.3 is 19.8 Å². The van der Waals surface area contributed by atoms with Gasteiger partial charge in [-0.05, 0) is 71.1 Å². The molecule has 0 aliphatic rings. The van der Waals surface area contributed by atoms with Crippen LogP contribution < -0.4 is 0 Å². The van der Waals surface area contributed by atoms with E-state index in [0.29, 0.717) is 6.42 Å². The number of phosphoric ester groups is 1. The summed E-state index contributed by atoms with van der Waals surface area (Å²) < 4.78 is 32.5. The summed E-state index contributed by atoms with van der Waals surface area (Å²) in [7, 11) is -4.28. The molecule has 0 aliphatic carbocycles. The molecule has 0 spiro atoms. The Bertz CT molecular complexity index is 885. The minimum Gasteiger partial charge on any atom is -0.462 e. The molecule has 48 heavy (non-hydrogen) atoms. The van der Waals surface area contributed by atoms with Gasteiger partial charge < -0.3 is 14.4 Å². The highest BCUT2D eigenvalue weighted by Gasteiger charge is 2.25. The van der Waals surface area contributed by atoms with Crippen molar-refractivity contribution in [2.24, 2.45) is 0 Å². The average molecular weight is 699 g/mol. The van der Waals surface area contributed by atoms with E-state index in [1.807, 2.05) is 0 Å². The highest BCUT2D eigenvalue weighted by Crippen LogP contribution is 2.43. The molecule has 9 heteroatoms. The molecule has 0 aliphatic heterocycles. The number of rotatable bonds is 35. The Kier molecular flexibility index (Phi) is 33.8. The van der Waals surface area contributed by atoms with E-state index in [-0.39, 0.29) is 32.0 Å². The van der Waals surface area contributed by atoms with Gasteiger partial charge in [0.15, 0.2) is 6.10 Å². The van der Waals surface area contributed by atoms with Crippen molar-refractivity contribution >= 4 is 19.8 Å². The molecular weight excluding hydrogens is 627 g/mol. The summed E-state index contributed by atoms with van der Waals surface area (Å²) in [5, 5.41) is 0. The van der Waals surface area contributed by atoms with Gasteiger partial charge in [0.1, 0.15) is 6.61 Å². The van der Waals surface area contributed by atoms with E-state index in [1.165, 1.54) is 57.8 Å². The van der Waals surface area contributed by atoms with Crippen molar-refractivity contribution in [3.8, 4) is 0 Å². The van der Waals surface area contributed by atoms with Gasteiger partial charge in [-0.25, -0.2) is 4.57 Å². The van der Waals surface area contributed by atoms with Crippen LogP contribution >= 0.6 is 7.82 Å². The monoisotopic (exact) mass is 698 g/mol. The Morgan fingerprint density at radius 3 is 1.58 bits per heavy atom. The van der Waals surface area contributed by atoms with Crippen LogP contribution in [0, 0.1) is 0 Å². The number of phosphoric acid groups is 1. The number of unbranched alkanes of at least 4 members (excludes halogenated alkanes) is 17. The SMILES string of the molecule is CCC/C=C\CCCCCCCC(=O)OCC(COP(=O)(O)OCC)OC(=O)CCCCCCCCC/C=C\C/C=C\CCCCCC. The third-order valence-corrected chi connectivity index (χ3v) is 8.96. The molecule has 2 atom stereocenters.